The zero-order valence-electron chi connectivity index (χ0n) is 10.7. The number of urea groups is 1. The summed E-state index contributed by atoms with van der Waals surface area (Å²) in [5, 5.41) is 12.1. The van der Waals surface area contributed by atoms with E-state index in [-0.39, 0.29) is 6.03 Å². The smallest absolute Gasteiger partial charge is 0.321 e. The maximum atomic E-state index is 13.3. The summed E-state index contributed by atoms with van der Waals surface area (Å²) in [5.74, 6) is -0.137. The fourth-order valence-electron chi connectivity index (χ4n) is 2.09. The fourth-order valence-corrected chi connectivity index (χ4v) is 2.09. The van der Waals surface area contributed by atoms with E-state index in [9.17, 15) is 14.3 Å². The summed E-state index contributed by atoms with van der Waals surface area (Å²) in [5.41, 5.74) is 0.335. The van der Waals surface area contributed by atoms with Gasteiger partial charge in [-0.25, -0.2) is 9.18 Å². The first-order valence-electron chi connectivity index (χ1n) is 6.17. The average molecular weight is 268 g/mol. The number of likely N-dealkylation sites (tertiary alicyclic amines) is 1. The number of piperidine rings is 1. The number of aliphatic hydroxyl groups excluding tert-OH is 1. The molecular weight excluding hydrogens is 251 g/mol. The molecule has 1 saturated heterocycles. The molecule has 2 amide bonds. The highest BCUT2D eigenvalue weighted by molar-refractivity contribution is 5.89. The van der Waals surface area contributed by atoms with Crippen LogP contribution in [0.4, 0.5) is 14.9 Å². The third-order valence-corrected chi connectivity index (χ3v) is 3.04. The van der Waals surface area contributed by atoms with E-state index in [1.807, 2.05) is 0 Å². The van der Waals surface area contributed by atoms with Crippen LogP contribution in [-0.4, -0.2) is 42.3 Å². The van der Waals surface area contributed by atoms with E-state index in [4.69, 9.17) is 4.74 Å². The quantitative estimate of drug-likeness (QED) is 0.860. The topological polar surface area (TPSA) is 61.8 Å². The van der Waals surface area contributed by atoms with Crippen molar-refractivity contribution in [1.82, 2.24) is 4.90 Å². The average Bonchev–Trinajstić information content (AvgIpc) is 2.38. The highest BCUT2D eigenvalue weighted by Gasteiger charge is 2.22. The Labute approximate surface area is 111 Å². The Bertz CT molecular complexity index is 467. The van der Waals surface area contributed by atoms with Gasteiger partial charge in [-0.2, -0.15) is 0 Å². The number of amides is 2. The molecule has 0 radical (unpaired) electrons. The second kappa shape index (κ2) is 5.88. The Kier molecular flexibility index (Phi) is 4.21. The largest absolute Gasteiger partial charge is 0.497 e. The van der Waals surface area contributed by atoms with Gasteiger partial charge in [0.2, 0.25) is 0 Å². The van der Waals surface area contributed by atoms with Gasteiger partial charge in [0, 0.05) is 30.9 Å². The van der Waals surface area contributed by atoms with Crippen molar-refractivity contribution in [3.05, 3.63) is 24.0 Å². The van der Waals surface area contributed by atoms with Crippen molar-refractivity contribution in [3.63, 3.8) is 0 Å². The lowest BCUT2D eigenvalue weighted by atomic mass is 10.1. The minimum Gasteiger partial charge on any atom is -0.497 e. The molecule has 0 aromatic heterocycles. The van der Waals surface area contributed by atoms with Crippen molar-refractivity contribution in [2.75, 3.05) is 25.5 Å². The zero-order valence-corrected chi connectivity index (χ0v) is 10.7. The molecule has 0 saturated carbocycles. The first kappa shape index (κ1) is 13.6. The predicted octanol–water partition coefficient (Wildman–Crippen LogP) is 1.82. The van der Waals surface area contributed by atoms with Crippen molar-refractivity contribution in [2.45, 2.75) is 18.9 Å². The van der Waals surface area contributed by atoms with E-state index in [2.05, 4.69) is 5.32 Å². The van der Waals surface area contributed by atoms with Crippen LogP contribution < -0.4 is 10.1 Å². The van der Waals surface area contributed by atoms with Gasteiger partial charge in [0.1, 0.15) is 11.6 Å². The van der Waals surface area contributed by atoms with E-state index >= 15 is 0 Å². The number of anilines is 1. The lowest BCUT2D eigenvalue weighted by Gasteiger charge is -2.30. The van der Waals surface area contributed by atoms with E-state index in [0.29, 0.717) is 30.9 Å². The van der Waals surface area contributed by atoms with Gasteiger partial charge in [-0.1, -0.05) is 0 Å². The molecular formula is C13H17FN2O3. The molecule has 1 unspecified atom stereocenters. The van der Waals surface area contributed by atoms with E-state index in [1.165, 1.54) is 24.1 Å². The SMILES string of the molecule is COc1cc(F)cc(NC(=O)N2CCCC(O)C2)c1. The molecule has 2 rings (SSSR count). The van der Waals surface area contributed by atoms with Gasteiger partial charge in [0.05, 0.1) is 13.2 Å². The molecule has 1 aliphatic heterocycles. The summed E-state index contributed by atoms with van der Waals surface area (Å²) in [6.07, 6.45) is 0.986. The third-order valence-electron chi connectivity index (χ3n) is 3.04. The molecule has 5 nitrogen and oxygen atoms in total. The fraction of sp³-hybridized carbons (Fsp3) is 0.462. The number of halogens is 1. The first-order valence-corrected chi connectivity index (χ1v) is 6.17. The lowest BCUT2D eigenvalue weighted by Crippen LogP contribution is -2.44. The van der Waals surface area contributed by atoms with Crippen LogP contribution in [-0.2, 0) is 0 Å². The van der Waals surface area contributed by atoms with Gasteiger partial charge >= 0.3 is 6.03 Å². The second-order valence-corrected chi connectivity index (χ2v) is 4.55. The van der Waals surface area contributed by atoms with Crippen molar-refractivity contribution >= 4 is 11.7 Å². The van der Waals surface area contributed by atoms with Crippen molar-refractivity contribution in [1.29, 1.82) is 0 Å². The summed E-state index contributed by atoms with van der Waals surface area (Å²) in [7, 11) is 1.43. The predicted molar refractivity (Wildman–Crippen MR) is 68.8 cm³/mol. The minimum atomic E-state index is -0.485. The Morgan fingerprint density at radius 2 is 2.32 bits per heavy atom. The molecule has 2 N–H and O–H groups in total. The first-order chi connectivity index (χ1) is 9.08. The highest BCUT2D eigenvalue weighted by atomic mass is 19.1. The molecule has 1 aliphatic rings. The number of benzene rings is 1. The van der Waals surface area contributed by atoms with Gasteiger partial charge in [-0.05, 0) is 18.9 Å². The van der Waals surface area contributed by atoms with E-state index < -0.39 is 11.9 Å². The number of carbonyl (C=O) groups excluding carboxylic acids is 1. The van der Waals surface area contributed by atoms with Crippen molar-refractivity contribution < 1.29 is 19.0 Å². The minimum absolute atomic E-state index is 0.304. The van der Waals surface area contributed by atoms with Gasteiger partial charge in [0.15, 0.2) is 0 Å². The molecule has 1 aromatic carbocycles. The Balaban J connectivity index is 2.03. The molecule has 0 spiro atoms. The zero-order chi connectivity index (χ0) is 13.8. The van der Waals surface area contributed by atoms with Gasteiger partial charge in [-0.15, -0.1) is 0 Å². The lowest BCUT2D eigenvalue weighted by molar-refractivity contribution is 0.0883. The molecule has 1 atom stereocenters. The number of ether oxygens (including phenoxy) is 1. The Morgan fingerprint density at radius 1 is 1.53 bits per heavy atom. The normalized spacial score (nSPS) is 19.1. The van der Waals surface area contributed by atoms with Crippen molar-refractivity contribution in [3.8, 4) is 5.75 Å². The van der Waals surface area contributed by atoms with Crippen LogP contribution >= 0.6 is 0 Å². The van der Waals surface area contributed by atoms with Crippen LogP contribution in [0.3, 0.4) is 0 Å². The standard InChI is InChI=1S/C13H17FN2O3/c1-19-12-6-9(14)5-10(7-12)15-13(18)16-4-2-3-11(17)8-16/h5-7,11,17H,2-4,8H2,1H3,(H,15,18). The number of nitrogens with one attached hydrogen (secondary N) is 1. The number of aliphatic hydroxyl groups is 1. The third kappa shape index (κ3) is 3.57. The van der Waals surface area contributed by atoms with Crippen LogP contribution in [0.25, 0.3) is 0 Å². The van der Waals surface area contributed by atoms with Gasteiger partial charge in [0.25, 0.3) is 0 Å². The van der Waals surface area contributed by atoms with Crippen LogP contribution in [0, 0.1) is 5.82 Å². The second-order valence-electron chi connectivity index (χ2n) is 4.55. The molecule has 1 aromatic rings. The number of carbonyl (C=O) groups is 1. The van der Waals surface area contributed by atoms with Crippen LogP contribution in [0.5, 0.6) is 5.75 Å². The molecule has 1 fully saturated rings. The molecule has 0 bridgehead atoms. The summed E-state index contributed by atoms with van der Waals surface area (Å²) in [6, 6.07) is 3.66. The van der Waals surface area contributed by atoms with E-state index in [1.54, 1.807) is 6.07 Å². The number of methoxy groups -OCH3 is 1. The molecule has 19 heavy (non-hydrogen) atoms. The molecule has 0 aliphatic carbocycles. The molecule has 1 heterocycles. The number of rotatable bonds is 2. The number of β-amino-alcohol motifs (C(OH)–C–C–N with tert-alkyl or cyclic N) is 1. The maximum Gasteiger partial charge on any atom is 0.321 e. The summed E-state index contributed by atoms with van der Waals surface area (Å²) >= 11 is 0. The molecule has 104 valence electrons. The number of nitrogens with zero attached hydrogens (tertiary/aromatic N) is 1. The maximum absolute atomic E-state index is 13.3. The van der Waals surface area contributed by atoms with Gasteiger partial charge < -0.3 is 20.1 Å². The summed E-state index contributed by atoms with van der Waals surface area (Å²) < 4.78 is 18.2. The Hall–Kier alpha value is -1.82. The monoisotopic (exact) mass is 268 g/mol. The highest BCUT2D eigenvalue weighted by Crippen LogP contribution is 2.20. The van der Waals surface area contributed by atoms with Crippen LogP contribution in [0.15, 0.2) is 18.2 Å². The Morgan fingerprint density at radius 3 is 3.00 bits per heavy atom. The number of hydrogen-bond acceptors (Lipinski definition) is 3. The van der Waals surface area contributed by atoms with E-state index in [0.717, 1.165) is 6.42 Å². The van der Waals surface area contributed by atoms with Crippen LogP contribution in [0.2, 0.25) is 0 Å². The molecule has 6 heteroatoms. The summed E-state index contributed by atoms with van der Waals surface area (Å²) in [6.45, 7) is 0.896. The number of hydrogen-bond donors (Lipinski definition) is 2. The van der Waals surface area contributed by atoms with Crippen LogP contribution in [0.1, 0.15) is 12.8 Å². The van der Waals surface area contributed by atoms with Gasteiger partial charge in [-0.3, -0.25) is 0 Å². The summed E-state index contributed by atoms with van der Waals surface area (Å²) in [4.78, 5) is 13.5. The van der Waals surface area contributed by atoms with Crippen molar-refractivity contribution in [2.24, 2.45) is 0 Å².